The first kappa shape index (κ1) is 21.0. The molecule has 0 aliphatic carbocycles. The van der Waals surface area contributed by atoms with Crippen LogP contribution in [0.1, 0.15) is 49.7 Å². The van der Waals surface area contributed by atoms with Crippen LogP contribution in [-0.2, 0) is 0 Å². The number of carbonyl (C=O) groups is 1. The van der Waals surface area contributed by atoms with Gasteiger partial charge in [-0.2, -0.15) is 5.10 Å². The van der Waals surface area contributed by atoms with Crippen LogP contribution in [0.25, 0.3) is 5.69 Å². The summed E-state index contributed by atoms with van der Waals surface area (Å²) in [5.41, 5.74) is 2.06. The quantitative estimate of drug-likeness (QED) is 0.704. The van der Waals surface area contributed by atoms with Crippen LogP contribution in [0.3, 0.4) is 0 Å². The molecule has 25 heavy (non-hydrogen) atoms. The van der Waals surface area contributed by atoms with E-state index in [0.717, 1.165) is 12.2 Å². The molecule has 0 unspecified atom stereocenters. The predicted octanol–water partition coefficient (Wildman–Crippen LogP) is 2.85. The maximum atomic E-state index is 12.2. The molecule has 0 aliphatic rings. The number of hydrogen-bond acceptors (Lipinski definition) is 4. The molecule has 1 amide bonds. The molecule has 0 fully saturated rings. The largest absolute Gasteiger partial charge is 0.504 e. The van der Waals surface area contributed by atoms with Gasteiger partial charge < -0.3 is 15.7 Å². The van der Waals surface area contributed by atoms with Crippen LogP contribution in [0.2, 0.25) is 0 Å². The third-order valence-electron chi connectivity index (χ3n) is 3.86. The van der Waals surface area contributed by atoms with Gasteiger partial charge >= 0.3 is 0 Å². The van der Waals surface area contributed by atoms with Crippen LogP contribution >= 0.6 is 12.4 Å². The van der Waals surface area contributed by atoms with Gasteiger partial charge in [0.1, 0.15) is 0 Å². The van der Waals surface area contributed by atoms with Gasteiger partial charge in [0.2, 0.25) is 0 Å². The number of amides is 1. The second-order valence-corrected chi connectivity index (χ2v) is 6.22. The summed E-state index contributed by atoms with van der Waals surface area (Å²) in [6, 6.07) is 8.06. The fourth-order valence-electron chi connectivity index (χ4n) is 2.42. The van der Waals surface area contributed by atoms with Gasteiger partial charge in [-0.05, 0) is 37.1 Å². The highest BCUT2D eigenvalue weighted by atomic mass is 35.5. The van der Waals surface area contributed by atoms with Crippen LogP contribution in [-0.4, -0.2) is 39.9 Å². The van der Waals surface area contributed by atoms with Crippen LogP contribution in [0.15, 0.2) is 30.5 Å². The monoisotopic (exact) mass is 366 g/mol. The molecular formula is C18H27ClN4O2. The van der Waals surface area contributed by atoms with Crippen molar-refractivity contribution in [2.45, 2.75) is 39.7 Å². The Labute approximate surface area is 155 Å². The summed E-state index contributed by atoms with van der Waals surface area (Å²) < 4.78 is 1.52. The molecule has 0 spiro atoms. The van der Waals surface area contributed by atoms with E-state index in [9.17, 15) is 9.90 Å². The Hall–Kier alpha value is -2.05. The molecule has 2 rings (SSSR count). The number of nitrogens with zero attached hydrogens (tertiary/aromatic N) is 2. The standard InChI is InChI=1S/C18H26N4O2.ClH/c1-5-19-13(4)10-20-18(24)17-16(23)11-22(21-17)15-8-6-14(7-9-15)12(2)3;/h6-9,11-13,19,23H,5,10H2,1-4H3,(H,20,24);1H/t13-;/m1./s1. The molecule has 0 aliphatic heterocycles. The Bertz CT molecular complexity index is 683. The number of hydrogen-bond donors (Lipinski definition) is 3. The zero-order valence-electron chi connectivity index (χ0n) is 15.1. The number of halogens is 1. The van der Waals surface area contributed by atoms with Crippen molar-refractivity contribution in [3.05, 3.63) is 41.7 Å². The predicted molar refractivity (Wildman–Crippen MR) is 102 cm³/mol. The van der Waals surface area contributed by atoms with Crippen LogP contribution in [0.4, 0.5) is 0 Å². The Kier molecular flexibility index (Phi) is 7.93. The number of aromatic hydroxyl groups is 1. The average molecular weight is 367 g/mol. The zero-order chi connectivity index (χ0) is 17.7. The highest BCUT2D eigenvalue weighted by Gasteiger charge is 2.17. The van der Waals surface area contributed by atoms with Crippen molar-refractivity contribution >= 4 is 18.3 Å². The first-order valence-corrected chi connectivity index (χ1v) is 8.33. The molecule has 1 heterocycles. The Morgan fingerprint density at radius 1 is 1.24 bits per heavy atom. The highest BCUT2D eigenvalue weighted by molar-refractivity contribution is 5.94. The van der Waals surface area contributed by atoms with Gasteiger partial charge in [-0.25, -0.2) is 4.68 Å². The summed E-state index contributed by atoms with van der Waals surface area (Å²) in [7, 11) is 0. The normalized spacial score (nSPS) is 11.9. The van der Waals surface area contributed by atoms with E-state index in [1.807, 2.05) is 38.1 Å². The van der Waals surface area contributed by atoms with E-state index in [0.29, 0.717) is 12.5 Å². The van der Waals surface area contributed by atoms with E-state index in [2.05, 4.69) is 29.6 Å². The van der Waals surface area contributed by atoms with Gasteiger partial charge in [-0.15, -0.1) is 12.4 Å². The summed E-state index contributed by atoms with van der Waals surface area (Å²) in [4.78, 5) is 12.2. The fraction of sp³-hybridized carbons (Fsp3) is 0.444. The first-order chi connectivity index (χ1) is 11.4. The fourth-order valence-corrected chi connectivity index (χ4v) is 2.42. The molecule has 0 saturated carbocycles. The lowest BCUT2D eigenvalue weighted by atomic mass is 10.0. The van der Waals surface area contributed by atoms with E-state index in [1.165, 1.54) is 16.4 Å². The number of rotatable bonds is 7. The molecular weight excluding hydrogens is 340 g/mol. The van der Waals surface area contributed by atoms with Crippen molar-refractivity contribution in [2.24, 2.45) is 0 Å². The summed E-state index contributed by atoms with van der Waals surface area (Å²) in [5.74, 6) is -0.0588. The Morgan fingerprint density at radius 3 is 2.44 bits per heavy atom. The molecule has 0 radical (unpaired) electrons. The SMILES string of the molecule is CCN[C@H](C)CNC(=O)c1nn(-c2ccc(C(C)C)cc2)cc1O.Cl. The van der Waals surface area contributed by atoms with Gasteiger partial charge in [0.15, 0.2) is 11.4 Å². The van der Waals surface area contributed by atoms with Crippen molar-refractivity contribution in [3.63, 3.8) is 0 Å². The van der Waals surface area contributed by atoms with Gasteiger partial charge in [-0.3, -0.25) is 4.79 Å². The summed E-state index contributed by atoms with van der Waals surface area (Å²) >= 11 is 0. The minimum absolute atomic E-state index is 0. The van der Waals surface area contributed by atoms with E-state index in [-0.39, 0.29) is 35.8 Å². The van der Waals surface area contributed by atoms with E-state index >= 15 is 0 Å². The lowest BCUT2D eigenvalue weighted by molar-refractivity contribution is 0.0942. The number of aromatic nitrogens is 2. The summed E-state index contributed by atoms with van der Waals surface area (Å²) in [6.07, 6.45) is 1.45. The minimum atomic E-state index is -0.380. The van der Waals surface area contributed by atoms with Crippen molar-refractivity contribution in [1.29, 1.82) is 0 Å². The third-order valence-corrected chi connectivity index (χ3v) is 3.86. The van der Waals surface area contributed by atoms with Crippen LogP contribution < -0.4 is 10.6 Å². The number of benzene rings is 1. The number of nitrogens with one attached hydrogen (secondary N) is 2. The molecule has 1 aromatic carbocycles. The smallest absolute Gasteiger partial charge is 0.275 e. The van der Waals surface area contributed by atoms with Gasteiger partial charge in [0.05, 0.1) is 11.9 Å². The highest BCUT2D eigenvalue weighted by Crippen LogP contribution is 2.20. The summed E-state index contributed by atoms with van der Waals surface area (Å²) in [6.45, 7) is 9.57. The molecule has 1 atom stereocenters. The van der Waals surface area contributed by atoms with Crippen molar-refractivity contribution in [1.82, 2.24) is 20.4 Å². The van der Waals surface area contributed by atoms with Crippen LogP contribution in [0.5, 0.6) is 5.75 Å². The molecule has 2 aromatic rings. The average Bonchev–Trinajstić information content (AvgIpc) is 2.95. The number of carbonyl (C=O) groups excluding carboxylic acids is 1. The molecule has 0 bridgehead atoms. The molecule has 1 aromatic heterocycles. The van der Waals surface area contributed by atoms with Gasteiger partial charge in [-0.1, -0.05) is 32.9 Å². The molecule has 6 nitrogen and oxygen atoms in total. The minimum Gasteiger partial charge on any atom is -0.504 e. The van der Waals surface area contributed by atoms with Crippen molar-refractivity contribution in [3.8, 4) is 11.4 Å². The molecule has 3 N–H and O–H groups in total. The lowest BCUT2D eigenvalue weighted by Gasteiger charge is -2.12. The second kappa shape index (κ2) is 9.44. The van der Waals surface area contributed by atoms with Gasteiger partial charge in [0, 0.05) is 12.6 Å². The number of likely N-dealkylation sites (N-methyl/N-ethyl adjacent to an activating group) is 1. The summed E-state index contributed by atoms with van der Waals surface area (Å²) in [5, 5.41) is 20.2. The molecule has 138 valence electrons. The Morgan fingerprint density at radius 2 is 1.88 bits per heavy atom. The van der Waals surface area contributed by atoms with Gasteiger partial charge in [0.25, 0.3) is 5.91 Å². The second-order valence-electron chi connectivity index (χ2n) is 6.22. The van der Waals surface area contributed by atoms with Crippen LogP contribution in [0, 0.1) is 0 Å². The maximum Gasteiger partial charge on any atom is 0.275 e. The van der Waals surface area contributed by atoms with E-state index in [1.54, 1.807) is 0 Å². The van der Waals surface area contributed by atoms with Crippen molar-refractivity contribution < 1.29 is 9.90 Å². The maximum absolute atomic E-state index is 12.2. The first-order valence-electron chi connectivity index (χ1n) is 8.33. The lowest BCUT2D eigenvalue weighted by Crippen LogP contribution is -2.39. The Balaban J connectivity index is 0.00000312. The molecule has 7 heteroatoms. The zero-order valence-corrected chi connectivity index (χ0v) is 15.9. The third kappa shape index (κ3) is 5.47. The topological polar surface area (TPSA) is 79.2 Å². The van der Waals surface area contributed by atoms with E-state index in [4.69, 9.17) is 0 Å². The molecule has 0 saturated heterocycles. The van der Waals surface area contributed by atoms with Crippen molar-refractivity contribution in [2.75, 3.05) is 13.1 Å². The van der Waals surface area contributed by atoms with E-state index < -0.39 is 0 Å².